The lowest BCUT2D eigenvalue weighted by Crippen LogP contribution is -2.17. The molecular formula is C15H12BrN3O4. The lowest BCUT2D eigenvalue weighted by atomic mass is 10.2. The number of hydrogen-bond acceptors (Lipinski definition) is 5. The van der Waals surface area contributed by atoms with Gasteiger partial charge in [-0.3, -0.25) is 14.9 Å². The third kappa shape index (κ3) is 4.13. The average Bonchev–Trinajstić information content (AvgIpc) is 2.55. The number of hydrazone groups is 1. The highest BCUT2D eigenvalue weighted by Crippen LogP contribution is 2.25. The molecule has 7 nitrogen and oxygen atoms in total. The Kier molecular flexibility index (Phi) is 5.42. The van der Waals surface area contributed by atoms with Gasteiger partial charge in [0.1, 0.15) is 5.75 Å². The van der Waals surface area contributed by atoms with E-state index in [0.717, 1.165) is 0 Å². The molecule has 0 heterocycles. The number of methoxy groups -OCH3 is 1. The Morgan fingerprint density at radius 3 is 2.74 bits per heavy atom. The Labute approximate surface area is 140 Å². The minimum Gasteiger partial charge on any atom is -0.496 e. The van der Waals surface area contributed by atoms with Crippen LogP contribution in [0.4, 0.5) is 5.69 Å². The number of carbonyl (C=O) groups excluding carboxylic acids is 1. The molecule has 1 N–H and O–H groups in total. The van der Waals surface area contributed by atoms with Crippen LogP contribution in [0.15, 0.2) is 52.0 Å². The van der Waals surface area contributed by atoms with Crippen molar-refractivity contribution in [1.29, 1.82) is 0 Å². The molecule has 2 rings (SSSR count). The fourth-order valence-corrected chi connectivity index (χ4v) is 2.34. The summed E-state index contributed by atoms with van der Waals surface area (Å²) in [5.41, 5.74) is 2.91. The Hall–Kier alpha value is -2.74. The van der Waals surface area contributed by atoms with Gasteiger partial charge in [0.05, 0.1) is 28.3 Å². The molecule has 0 spiro atoms. The molecule has 0 aliphatic carbocycles. The van der Waals surface area contributed by atoms with Crippen molar-refractivity contribution in [1.82, 2.24) is 5.43 Å². The number of benzene rings is 2. The summed E-state index contributed by atoms with van der Waals surface area (Å²) in [4.78, 5) is 22.4. The van der Waals surface area contributed by atoms with Crippen LogP contribution in [-0.2, 0) is 0 Å². The van der Waals surface area contributed by atoms with Gasteiger partial charge in [-0.25, -0.2) is 5.43 Å². The number of hydrogen-bond donors (Lipinski definition) is 1. The van der Waals surface area contributed by atoms with Gasteiger partial charge in [-0.05, 0) is 40.2 Å². The fraction of sp³-hybridized carbons (Fsp3) is 0.0667. The third-order valence-corrected chi connectivity index (χ3v) is 3.54. The van der Waals surface area contributed by atoms with Crippen molar-refractivity contribution in [3.05, 3.63) is 68.2 Å². The molecule has 0 aromatic heterocycles. The summed E-state index contributed by atoms with van der Waals surface area (Å²) in [6.45, 7) is 0. The Balaban J connectivity index is 2.10. The summed E-state index contributed by atoms with van der Waals surface area (Å²) in [6, 6.07) is 10.9. The summed E-state index contributed by atoms with van der Waals surface area (Å²) >= 11 is 3.29. The molecule has 8 heteroatoms. The summed E-state index contributed by atoms with van der Waals surface area (Å²) in [6.07, 6.45) is 1.23. The summed E-state index contributed by atoms with van der Waals surface area (Å²) in [5.74, 6) is 0.160. The topological polar surface area (TPSA) is 93.8 Å². The number of nitro groups is 1. The number of nitrogens with zero attached hydrogens (tertiary/aromatic N) is 2. The first-order valence-corrected chi connectivity index (χ1v) is 7.22. The second kappa shape index (κ2) is 7.50. The Bertz CT molecular complexity index is 777. The van der Waals surface area contributed by atoms with E-state index in [-0.39, 0.29) is 5.69 Å². The molecule has 118 valence electrons. The van der Waals surface area contributed by atoms with E-state index in [0.29, 0.717) is 21.3 Å². The molecule has 0 unspecified atom stereocenters. The van der Waals surface area contributed by atoms with Crippen molar-refractivity contribution in [3.8, 4) is 5.75 Å². The smallest absolute Gasteiger partial charge is 0.278 e. The molecular weight excluding hydrogens is 366 g/mol. The van der Waals surface area contributed by atoms with E-state index in [2.05, 4.69) is 26.5 Å². The van der Waals surface area contributed by atoms with E-state index in [1.165, 1.54) is 25.5 Å². The van der Waals surface area contributed by atoms with Crippen LogP contribution in [0.1, 0.15) is 15.9 Å². The minimum absolute atomic E-state index is 0.0855. The maximum Gasteiger partial charge on any atom is 0.278 e. The number of carbonyl (C=O) groups is 1. The largest absolute Gasteiger partial charge is 0.496 e. The zero-order valence-corrected chi connectivity index (χ0v) is 13.6. The highest BCUT2D eigenvalue weighted by Gasteiger charge is 2.11. The summed E-state index contributed by atoms with van der Waals surface area (Å²) in [7, 11) is 1.52. The van der Waals surface area contributed by atoms with Gasteiger partial charge in [-0.1, -0.05) is 12.1 Å². The summed E-state index contributed by atoms with van der Waals surface area (Å²) < 4.78 is 5.72. The van der Waals surface area contributed by atoms with Crippen LogP contribution in [0.3, 0.4) is 0 Å². The molecule has 0 atom stereocenters. The molecule has 23 heavy (non-hydrogen) atoms. The first kappa shape index (κ1) is 16.6. The van der Waals surface area contributed by atoms with Crippen LogP contribution >= 0.6 is 15.9 Å². The molecule has 0 aliphatic heterocycles. The fourth-order valence-electron chi connectivity index (χ4n) is 1.80. The van der Waals surface area contributed by atoms with Gasteiger partial charge < -0.3 is 4.74 Å². The maximum absolute atomic E-state index is 12.0. The van der Waals surface area contributed by atoms with Gasteiger partial charge in [0, 0.05) is 11.6 Å². The normalized spacial score (nSPS) is 10.5. The number of rotatable bonds is 5. The van der Waals surface area contributed by atoms with Crippen LogP contribution in [-0.4, -0.2) is 24.2 Å². The Morgan fingerprint density at radius 2 is 2.09 bits per heavy atom. The highest BCUT2D eigenvalue weighted by atomic mass is 79.9. The van der Waals surface area contributed by atoms with E-state index < -0.39 is 10.8 Å². The predicted molar refractivity (Wildman–Crippen MR) is 88.9 cm³/mol. The number of halogens is 1. The number of nitro benzene ring substituents is 1. The van der Waals surface area contributed by atoms with Crippen LogP contribution in [0, 0.1) is 10.1 Å². The van der Waals surface area contributed by atoms with E-state index in [1.54, 1.807) is 30.3 Å². The standard InChI is InChI=1S/C15H12BrN3O4/c1-23-14-7-6-10(8-12(14)16)15(20)18-17-9-11-4-2-3-5-13(11)19(21)22/h2-9H,1H3,(H,18,20)/b17-9+. The van der Waals surface area contributed by atoms with Gasteiger partial charge in [-0.2, -0.15) is 5.10 Å². The van der Waals surface area contributed by atoms with Crippen LogP contribution in [0.5, 0.6) is 5.75 Å². The van der Waals surface area contributed by atoms with Crippen LogP contribution < -0.4 is 10.2 Å². The SMILES string of the molecule is COc1ccc(C(=O)N/N=C/c2ccccc2[N+](=O)[O-])cc1Br. The molecule has 2 aromatic carbocycles. The van der Waals surface area contributed by atoms with Crippen LogP contribution in [0.2, 0.25) is 0 Å². The zero-order chi connectivity index (χ0) is 16.8. The van der Waals surface area contributed by atoms with Gasteiger partial charge in [0.2, 0.25) is 0 Å². The van der Waals surface area contributed by atoms with Crippen molar-refractivity contribution in [2.75, 3.05) is 7.11 Å². The Morgan fingerprint density at radius 1 is 1.35 bits per heavy atom. The first-order valence-electron chi connectivity index (χ1n) is 6.43. The van der Waals surface area contributed by atoms with Crippen molar-refractivity contribution in [2.45, 2.75) is 0 Å². The van der Waals surface area contributed by atoms with Gasteiger partial charge in [0.25, 0.3) is 11.6 Å². The quantitative estimate of drug-likeness (QED) is 0.491. The molecule has 0 saturated carbocycles. The van der Waals surface area contributed by atoms with Gasteiger partial charge in [-0.15, -0.1) is 0 Å². The highest BCUT2D eigenvalue weighted by molar-refractivity contribution is 9.10. The van der Waals surface area contributed by atoms with Gasteiger partial charge in [0.15, 0.2) is 0 Å². The lowest BCUT2D eigenvalue weighted by molar-refractivity contribution is -0.385. The molecule has 0 aliphatic rings. The number of nitrogens with one attached hydrogen (secondary N) is 1. The molecule has 0 fully saturated rings. The monoisotopic (exact) mass is 377 g/mol. The lowest BCUT2D eigenvalue weighted by Gasteiger charge is -2.05. The first-order chi connectivity index (χ1) is 11.0. The summed E-state index contributed by atoms with van der Waals surface area (Å²) in [5, 5.41) is 14.6. The molecule has 1 amide bonds. The number of ether oxygens (including phenoxy) is 1. The molecule has 0 saturated heterocycles. The van der Waals surface area contributed by atoms with Crippen molar-refractivity contribution in [2.24, 2.45) is 5.10 Å². The second-order valence-electron chi connectivity index (χ2n) is 4.36. The molecule has 0 bridgehead atoms. The van der Waals surface area contributed by atoms with E-state index in [4.69, 9.17) is 4.74 Å². The van der Waals surface area contributed by atoms with E-state index >= 15 is 0 Å². The van der Waals surface area contributed by atoms with Crippen molar-refractivity contribution in [3.63, 3.8) is 0 Å². The van der Waals surface area contributed by atoms with E-state index in [9.17, 15) is 14.9 Å². The molecule has 2 aromatic rings. The van der Waals surface area contributed by atoms with Crippen molar-refractivity contribution >= 4 is 33.7 Å². The number of amides is 1. The molecule has 0 radical (unpaired) electrons. The van der Waals surface area contributed by atoms with E-state index in [1.807, 2.05) is 0 Å². The maximum atomic E-state index is 12.0. The second-order valence-corrected chi connectivity index (χ2v) is 5.22. The number of para-hydroxylation sites is 1. The third-order valence-electron chi connectivity index (χ3n) is 2.92. The zero-order valence-electron chi connectivity index (χ0n) is 12.0. The van der Waals surface area contributed by atoms with Crippen LogP contribution in [0.25, 0.3) is 0 Å². The minimum atomic E-state index is -0.510. The average molecular weight is 378 g/mol. The van der Waals surface area contributed by atoms with Crippen molar-refractivity contribution < 1.29 is 14.5 Å². The van der Waals surface area contributed by atoms with Gasteiger partial charge >= 0.3 is 0 Å². The predicted octanol–water partition coefficient (Wildman–Crippen LogP) is 3.13.